The Morgan fingerprint density at radius 2 is 1.79 bits per heavy atom. The van der Waals surface area contributed by atoms with Crippen molar-refractivity contribution < 1.29 is 14.3 Å². The molecule has 28 heavy (non-hydrogen) atoms. The van der Waals surface area contributed by atoms with Crippen LogP contribution in [0.2, 0.25) is 0 Å². The molecule has 1 aromatic rings. The largest absolute Gasteiger partial charge is 0.459 e. The molecule has 7 heteroatoms. The molecule has 0 unspecified atom stereocenters. The molecule has 1 rings (SSSR count). The van der Waals surface area contributed by atoms with Crippen LogP contribution in [-0.4, -0.2) is 30.4 Å². The Labute approximate surface area is 167 Å². The summed E-state index contributed by atoms with van der Waals surface area (Å²) in [7, 11) is 0. The van der Waals surface area contributed by atoms with E-state index in [1.54, 1.807) is 0 Å². The van der Waals surface area contributed by atoms with E-state index in [-0.39, 0.29) is 18.5 Å². The molecule has 0 bridgehead atoms. The lowest BCUT2D eigenvalue weighted by atomic mass is 10.1. The Kier molecular flexibility index (Phi) is 12.1. The second-order valence-electron chi connectivity index (χ2n) is 6.83. The molecule has 0 aliphatic carbocycles. The summed E-state index contributed by atoms with van der Waals surface area (Å²) in [6.45, 7) is 2.73. The van der Waals surface area contributed by atoms with E-state index < -0.39 is 12.0 Å². The highest BCUT2D eigenvalue weighted by molar-refractivity contribution is 5.84. The molecule has 1 amide bonds. The Hall–Kier alpha value is -2.57. The highest BCUT2D eigenvalue weighted by Gasteiger charge is 2.21. The smallest absolute Gasteiger partial charge is 0.328 e. The molecule has 1 aromatic carbocycles. The van der Waals surface area contributed by atoms with Gasteiger partial charge in [0.15, 0.2) is 5.96 Å². The van der Waals surface area contributed by atoms with Crippen molar-refractivity contribution in [2.45, 2.75) is 70.9 Å². The van der Waals surface area contributed by atoms with Crippen LogP contribution in [0.4, 0.5) is 0 Å². The van der Waals surface area contributed by atoms with Crippen molar-refractivity contribution >= 4 is 17.8 Å². The third kappa shape index (κ3) is 11.2. The molecule has 5 N–H and O–H groups in total. The topological polar surface area (TPSA) is 120 Å². The van der Waals surface area contributed by atoms with Gasteiger partial charge in [0.05, 0.1) is 0 Å². The lowest BCUT2D eigenvalue weighted by molar-refractivity contribution is -0.149. The van der Waals surface area contributed by atoms with Gasteiger partial charge in [-0.25, -0.2) is 4.79 Å². The number of hydrogen-bond acceptors (Lipinski definition) is 4. The fraction of sp³-hybridized carbons (Fsp3) is 0.571. The van der Waals surface area contributed by atoms with Crippen molar-refractivity contribution in [2.75, 3.05) is 6.54 Å². The lowest BCUT2D eigenvalue weighted by Gasteiger charge is -2.17. The van der Waals surface area contributed by atoms with E-state index in [2.05, 4.69) is 17.2 Å². The van der Waals surface area contributed by atoms with Crippen LogP contribution in [0.25, 0.3) is 0 Å². The quantitative estimate of drug-likeness (QED) is 0.195. The molecule has 0 aliphatic heterocycles. The number of unbranched alkanes of at least 4 members (excludes halogenated alkanes) is 4. The molecule has 0 aliphatic rings. The van der Waals surface area contributed by atoms with Crippen LogP contribution in [0.1, 0.15) is 63.9 Å². The van der Waals surface area contributed by atoms with E-state index in [9.17, 15) is 9.59 Å². The Morgan fingerprint density at radius 3 is 2.46 bits per heavy atom. The Morgan fingerprint density at radius 1 is 1.07 bits per heavy atom. The van der Waals surface area contributed by atoms with Gasteiger partial charge in [-0.15, -0.1) is 0 Å². The highest BCUT2D eigenvalue weighted by Crippen LogP contribution is 2.08. The van der Waals surface area contributed by atoms with Gasteiger partial charge < -0.3 is 21.5 Å². The third-order valence-corrected chi connectivity index (χ3v) is 4.30. The molecule has 0 radical (unpaired) electrons. The first kappa shape index (κ1) is 23.5. The van der Waals surface area contributed by atoms with Crippen LogP contribution in [0.15, 0.2) is 35.3 Å². The first-order chi connectivity index (χ1) is 13.5. The van der Waals surface area contributed by atoms with Crippen molar-refractivity contribution in [1.29, 1.82) is 0 Å². The molecule has 0 saturated heterocycles. The molecule has 0 fully saturated rings. The summed E-state index contributed by atoms with van der Waals surface area (Å²) < 4.78 is 5.39. The molecule has 156 valence electrons. The maximum atomic E-state index is 12.5. The molecule has 1 atom stereocenters. The molecule has 7 nitrogen and oxygen atoms in total. The van der Waals surface area contributed by atoms with Crippen molar-refractivity contribution in [3.63, 3.8) is 0 Å². The van der Waals surface area contributed by atoms with Gasteiger partial charge in [-0.3, -0.25) is 9.79 Å². The average molecular weight is 391 g/mol. The molecule has 0 spiro atoms. The van der Waals surface area contributed by atoms with E-state index >= 15 is 0 Å². The van der Waals surface area contributed by atoms with E-state index in [1.165, 1.54) is 6.42 Å². The number of esters is 1. The van der Waals surface area contributed by atoms with Crippen LogP contribution in [0.5, 0.6) is 0 Å². The van der Waals surface area contributed by atoms with Gasteiger partial charge in [0.2, 0.25) is 5.91 Å². The SMILES string of the molecule is CCCCCCCC(=O)N[C@@H](CCCN=C(N)N)C(=O)OCc1ccccc1. The summed E-state index contributed by atoms with van der Waals surface area (Å²) in [5.74, 6) is -0.549. The zero-order valence-electron chi connectivity index (χ0n) is 16.9. The number of carbonyl (C=O) groups is 2. The van der Waals surface area contributed by atoms with Crippen LogP contribution in [-0.2, 0) is 20.9 Å². The fourth-order valence-electron chi connectivity index (χ4n) is 2.74. The monoisotopic (exact) mass is 390 g/mol. The Bertz CT molecular complexity index is 601. The zero-order chi connectivity index (χ0) is 20.6. The summed E-state index contributed by atoms with van der Waals surface area (Å²) in [6.07, 6.45) is 6.73. The number of amides is 1. The van der Waals surface area contributed by atoms with Gasteiger partial charge in [0.25, 0.3) is 0 Å². The summed E-state index contributed by atoms with van der Waals surface area (Å²) in [6, 6.07) is 8.75. The standard InChI is InChI=1S/C21H34N4O3/c1-2-3-4-5-9-14-19(26)25-18(13-10-15-24-21(22)23)20(27)28-16-17-11-7-6-8-12-17/h6-8,11-12,18H,2-5,9-10,13-16H2,1H3,(H,25,26)(H4,22,23,24)/t18-/m0/s1. The van der Waals surface area contributed by atoms with E-state index in [4.69, 9.17) is 16.2 Å². The van der Waals surface area contributed by atoms with Crippen molar-refractivity contribution in [3.05, 3.63) is 35.9 Å². The zero-order valence-corrected chi connectivity index (χ0v) is 16.9. The predicted octanol–water partition coefficient (Wildman–Crippen LogP) is 2.63. The number of ether oxygens (including phenoxy) is 1. The summed E-state index contributed by atoms with van der Waals surface area (Å²) in [5.41, 5.74) is 11.5. The number of aliphatic imine (C=N–C) groups is 1. The Balaban J connectivity index is 2.50. The minimum absolute atomic E-state index is 0.0133. The number of rotatable bonds is 14. The minimum Gasteiger partial charge on any atom is -0.459 e. The van der Waals surface area contributed by atoms with Crippen molar-refractivity contribution in [2.24, 2.45) is 16.5 Å². The number of carbonyl (C=O) groups excluding carboxylic acids is 2. The van der Waals surface area contributed by atoms with Gasteiger partial charge >= 0.3 is 5.97 Å². The number of guanidine groups is 1. The van der Waals surface area contributed by atoms with Crippen LogP contribution < -0.4 is 16.8 Å². The molecule has 0 aromatic heterocycles. The number of hydrogen-bond donors (Lipinski definition) is 3. The summed E-state index contributed by atoms with van der Waals surface area (Å²) in [4.78, 5) is 28.6. The normalized spacial score (nSPS) is 11.5. The maximum Gasteiger partial charge on any atom is 0.328 e. The molecular weight excluding hydrogens is 356 g/mol. The van der Waals surface area contributed by atoms with Gasteiger partial charge in [-0.05, 0) is 24.8 Å². The second kappa shape index (κ2) is 14.5. The molecular formula is C21H34N4O3. The number of benzene rings is 1. The molecule has 0 heterocycles. The predicted molar refractivity (Wildman–Crippen MR) is 111 cm³/mol. The maximum absolute atomic E-state index is 12.5. The second-order valence-corrected chi connectivity index (χ2v) is 6.83. The first-order valence-corrected chi connectivity index (χ1v) is 10.1. The summed E-state index contributed by atoms with van der Waals surface area (Å²) >= 11 is 0. The lowest BCUT2D eigenvalue weighted by Crippen LogP contribution is -2.41. The first-order valence-electron chi connectivity index (χ1n) is 10.1. The summed E-state index contributed by atoms with van der Waals surface area (Å²) in [5, 5.41) is 2.81. The van der Waals surface area contributed by atoms with E-state index in [1.807, 2.05) is 30.3 Å². The van der Waals surface area contributed by atoms with Gasteiger partial charge in [-0.2, -0.15) is 0 Å². The van der Waals surface area contributed by atoms with Gasteiger partial charge in [0.1, 0.15) is 12.6 Å². The van der Waals surface area contributed by atoms with Crippen LogP contribution in [0, 0.1) is 0 Å². The minimum atomic E-state index is -0.693. The number of nitrogens with zero attached hydrogens (tertiary/aromatic N) is 1. The highest BCUT2D eigenvalue weighted by atomic mass is 16.5. The van der Waals surface area contributed by atoms with Crippen LogP contribution in [0.3, 0.4) is 0 Å². The average Bonchev–Trinajstić information content (AvgIpc) is 2.69. The van der Waals surface area contributed by atoms with Gasteiger partial charge in [0, 0.05) is 13.0 Å². The van der Waals surface area contributed by atoms with E-state index in [0.29, 0.717) is 25.8 Å². The van der Waals surface area contributed by atoms with Crippen molar-refractivity contribution in [1.82, 2.24) is 5.32 Å². The van der Waals surface area contributed by atoms with Gasteiger partial charge in [-0.1, -0.05) is 62.9 Å². The van der Waals surface area contributed by atoms with E-state index in [0.717, 1.165) is 31.2 Å². The molecule has 0 saturated carbocycles. The number of nitrogens with two attached hydrogens (primary N) is 2. The van der Waals surface area contributed by atoms with Crippen LogP contribution >= 0.6 is 0 Å². The fourth-order valence-corrected chi connectivity index (χ4v) is 2.74. The third-order valence-electron chi connectivity index (χ3n) is 4.30. The number of nitrogens with one attached hydrogen (secondary N) is 1. The van der Waals surface area contributed by atoms with Crippen molar-refractivity contribution in [3.8, 4) is 0 Å².